The van der Waals surface area contributed by atoms with Crippen LogP contribution in [0, 0.1) is 0 Å². The SMILES string of the molecule is COc1ccc(-c2nnsc2C(=O)N[C@@H](C)CCc2ccccc2)cc1. The van der Waals surface area contributed by atoms with Crippen molar-refractivity contribution in [3.8, 4) is 17.0 Å². The molecule has 0 aliphatic carbocycles. The van der Waals surface area contributed by atoms with Crippen molar-refractivity contribution in [1.29, 1.82) is 0 Å². The molecule has 0 fully saturated rings. The fourth-order valence-corrected chi connectivity index (χ4v) is 3.26. The van der Waals surface area contributed by atoms with Crippen molar-refractivity contribution in [2.24, 2.45) is 0 Å². The van der Waals surface area contributed by atoms with Crippen molar-refractivity contribution in [3.63, 3.8) is 0 Å². The highest BCUT2D eigenvalue weighted by Crippen LogP contribution is 2.26. The zero-order valence-electron chi connectivity index (χ0n) is 14.8. The van der Waals surface area contributed by atoms with Crippen LogP contribution in [0.1, 0.15) is 28.6 Å². The van der Waals surface area contributed by atoms with Crippen molar-refractivity contribution >= 4 is 17.4 Å². The normalized spacial score (nSPS) is 11.8. The van der Waals surface area contributed by atoms with Gasteiger partial charge in [0, 0.05) is 11.6 Å². The summed E-state index contributed by atoms with van der Waals surface area (Å²) in [6.45, 7) is 2.02. The Morgan fingerprint density at radius 3 is 2.58 bits per heavy atom. The maximum atomic E-state index is 12.6. The van der Waals surface area contributed by atoms with E-state index in [0.29, 0.717) is 10.6 Å². The van der Waals surface area contributed by atoms with Crippen LogP contribution in [0.25, 0.3) is 11.3 Å². The summed E-state index contributed by atoms with van der Waals surface area (Å²) in [5, 5.41) is 7.18. The minimum atomic E-state index is -0.133. The average Bonchev–Trinajstić information content (AvgIpc) is 3.17. The van der Waals surface area contributed by atoms with E-state index in [0.717, 1.165) is 35.7 Å². The van der Waals surface area contributed by atoms with Gasteiger partial charge < -0.3 is 10.1 Å². The Labute approximate surface area is 157 Å². The highest BCUT2D eigenvalue weighted by Gasteiger charge is 2.19. The predicted octanol–water partition coefficient (Wildman–Crippen LogP) is 3.96. The molecule has 5 nitrogen and oxygen atoms in total. The van der Waals surface area contributed by atoms with Crippen LogP contribution in [0.3, 0.4) is 0 Å². The Morgan fingerprint density at radius 2 is 1.88 bits per heavy atom. The highest BCUT2D eigenvalue weighted by atomic mass is 32.1. The second kappa shape index (κ2) is 8.58. The number of hydrogen-bond acceptors (Lipinski definition) is 5. The molecule has 1 N–H and O–H groups in total. The lowest BCUT2D eigenvalue weighted by Gasteiger charge is -2.13. The van der Waals surface area contributed by atoms with Crippen LogP contribution in [-0.2, 0) is 6.42 Å². The Bertz CT molecular complexity index is 847. The van der Waals surface area contributed by atoms with Crippen LogP contribution in [-0.4, -0.2) is 28.6 Å². The van der Waals surface area contributed by atoms with Gasteiger partial charge in [-0.3, -0.25) is 4.79 Å². The second-order valence-electron chi connectivity index (χ2n) is 6.08. The number of rotatable bonds is 7. The maximum Gasteiger partial charge on any atom is 0.265 e. The molecule has 0 unspecified atom stereocenters. The summed E-state index contributed by atoms with van der Waals surface area (Å²) in [4.78, 5) is 13.2. The molecule has 0 saturated carbocycles. The highest BCUT2D eigenvalue weighted by molar-refractivity contribution is 7.08. The van der Waals surface area contributed by atoms with Gasteiger partial charge in [0.15, 0.2) is 0 Å². The number of aromatic nitrogens is 2. The fraction of sp³-hybridized carbons (Fsp3) is 0.250. The van der Waals surface area contributed by atoms with Crippen molar-refractivity contribution in [1.82, 2.24) is 14.9 Å². The topological polar surface area (TPSA) is 64.1 Å². The summed E-state index contributed by atoms with van der Waals surface area (Å²) in [6.07, 6.45) is 1.80. The summed E-state index contributed by atoms with van der Waals surface area (Å²) in [6, 6.07) is 17.8. The monoisotopic (exact) mass is 367 g/mol. The van der Waals surface area contributed by atoms with Gasteiger partial charge in [0.1, 0.15) is 16.3 Å². The van der Waals surface area contributed by atoms with Gasteiger partial charge in [-0.2, -0.15) is 0 Å². The Morgan fingerprint density at radius 1 is 1.15 bits per heavy atom. The Kier molecular flexibility index (Phi) is 5.96. The molecule has 0 aliphatic heterocycles. The standard InChI is InChI=1S/C20H21N3O2S/c1-14(8-9-15-6-4-3-5-7-15)21-20(24)19-18(22-23-26-19)16-10-12-17(25-2)13-11-16/h3-7,10-14H,8-9H2,1-2H3,(H,21,24)/t14-/m0/s1. The molecule has 2 aromatic carbocycles. The summed E-state index contributed by atoms with van der Waals surface area (Å²) < 4.78 is 9.13. The van der Waals surface area contributed by atoms with Crippen molar-refractivity contribution in [2.75, 3.05) is 7.11 Å². The molecule has 3 aromatic rings. The molecule has 134 valence electrons. The van der Waals surface area contributed by atoms with E-state index in [1.807, 2.05) is 49.4 Å². The molecular weight excluding hydrogens is 346 g/mol. The van der Waals surface area contributed by atoms with E-state index in [1.165, 1.54) is 5.56 Å². The van der Waals surface area contributed by atoms with E-state index in [4.69, 9.17) is 4.74 Å². The summed E-state index contributed by atoms with van der Waals surface area (Å²) >= 11 is 1.11. The van der Waals surface area contributed by atoms with Crippen molar-refractivity contribution in [2.45, 2.75) is 25.8 Å². The zero-order valence-corrected chi connectivity index (χ0v) is 15.6. The second-order valence-corrected chi connectivity index (χ2v) is 6.83. The summed E-state index contributed by atoms with van der Waals surface area (Å²) in [7, 11) is 1.62. The van der Waals surface area contributed by atoms with Crippen LogP contribution in [0.2, 0.25) is 0 Å². The molecule has 1 heterocycles. The number of ether oxygens (including phenoxy) is 1. The third kappa shape index (κ3) is 4.46. The van der Waals surface area contributed by atoms with Gasteiger partial charge in [0.05, 0.1) is 7.11 Å². The van der Waals surface area contributed by atoms with Crippen LogP contribution >= 0.6 is 11.5 Å². The molecule has 0 aliphatic rings. The van der Waals surface area contributed by atoms with E-state index in [2.05, 4.69) is 27.0 Å². The first-order chi connectivity index (χ1) is 12.7. The number of methoxy groups -OCH3 is 1. The third-order valence-corrected chi connectivity index (χ3v) is 4.87. The minimum absolute atomic E-state index is 0.0634. The first-order valence-corrected chi connectivity index (χ1v) is 9.26. The van der Waals surface area contributed by atoms with Crippen LogP contribution in [0.4, 0.5) is 0 Å². The molecule has 1 aromatic heterocycles. The molecule has 0 spiro atoms. The minimum Gasteiger partial charge on any atom is -0.497 e. The molecule has 26 heavy (non-hydrogen) atoms. The van der Waals surface area contributed by atoms with Gasteiger partial charge in [-0.05, 0) is 61.1 Å². The van der Waals surface area contributed by atoms with E-state index in [9.17, 15) is 4.79 Å². The average molecular weight is 367 g/mol. The number of carbonyl (C=O) groups excluding carboxylic acids is 1. The zero-order chi connectivity index (χ0) is 18.4. The molecule has 0 bridgehead atoms. The number of amides is 1. The first kappa shape index (κ1) is 18.1. The van der Waals surface area contributed by atoms with Crippen molar-refractivity contribution in [3.05, 3.63) is 65.0 Å². The molecular formula is C20H21N3O2S. The van der Waals surface area contributed by atoms with Crippen molar-refractivity contribution < 1.29 is 9.53 Å². The molecule has 1 atom stereocenters. The lowest BCUT2D eigenvalue weighted by molar-refractivity contribution is 0.0943. The smallest absolute Gasteiger partial charge is 0.265 e. The van der Waals surface area contributed by atoms with Gasteiger partial charge in [0.25, 0.3) is 5.91 Å². The number of nitrogens with zero attached hydrogens (tertiary/aromatic N) is 2. The lowest BCUT2D eigenvalue weighted by Crippen LogP contribution is -2.32. The predicted molar refractivity (Wildman–Crippen MR) is 104 cm³/mol. The maximum absolute atomic E-state index is 12.6. The van der Waals surface area contributed by atoms with Gasteiger partial charge in [-0.25, -0.2) is 0 Å². The number of hydrogen-bond donors (Lipinski definition) is 1. The molecule has 6 heteroatoms. The number of benzene rings is 2. The van der Waals surface area contributed by atoms with Gasteiger partial charge in [0.2, 0.25) is 0 Å². The largest absolute Gasteiger partial charge is 0.497 e. The van der Waals surface area contributed by atoms with Gasteiger partial charge >= 0.3 is 0 Å². The number of nitrogens with one attached hydrogen (secondary N) is 1. The number of carbonyl (C=O) groups is 1. The quantitative estimate of drug-likeness (QED) is 0.686. The van der Waals surface area contributed by atoms with Gasteiger partial charge in [-0.15, -0.1) is 5.10 Å². The van der Waals surface area contributed by atoms with E-state index < -0.39 is 0 Å². The number of aryl methyl sites for hydroxylation is 1. The Balaban J connectivity index is 1.64. The molecule has 0 saturated heterocycles. The fourth-order valence-electron chi connectivity index (χ4n) is 2.67. The summed E-state index contributed by atoms with van der Waals surface area (Å²) in [5.74, 6) is 0.629. The van der Waals surface area contributed by atoms with Crippen LogP contribution in [0.5, 0.6) is 5.75 Å². The Hall–Kier alpha value is -2.73. The molecule has 3 rings (SSSR count). The van der Waals surface area contributed by atoms with Gasteiger partial charge in [-0.1, -0.05) is 34.8 Å². The third-order valence-electron chi connectivity index (χ3n) is 4.14. The van der Waals surface area contributed by atoms with E-state index in [-0.39, 0.29) is 11.9 Å². The molecule has 0 radical (unpaired) electrons. The van der Waals surface area contributed by atoms with Crippen LogP contribution < -0.4 is 10.1 Å². The lowest BCUT2D eigenvalue weighted by atomic mass is 10.1. The van der Waals surface area contributed by atoms with E-state index in [1.54, 1.807) is 7.11 Å². The van der Waals surface area contributed by atoms with Crippen LogP contribution in [0.15, 0.2) is 54.6 Å². The first-order valence-electron chi connectivity index (χ1n) is 8.49. The van der Waals surface area contributed by atoms with E-state index >= 15 is 0 Å². The molecule has 1 amide bonds. The summed E-state index contributed by atoms with van der Waals surface area (Å²) in [5.41, 5.74) is 2.72.